The molecule has 0 aliphatic rings. The lowest BCUT2D eigenvalue weighted by Gasteiger charge is -2.19. The minimum Gasteiger partial charge on any atom is -0.396 e. The van der Waals surface area contributed by atoms with E-state index < -0.39 is 0 Å². The van der Waals surface area contributed by atoms with Gasteiger partial charge >= 0.3 is 0 Å². The SMILES string of the molecule is CCC[C@H](C)CCCCC[C@@H](C)CC[C@@H](C)CC[C@H](C)CC[C@H](C)CCCO. The normalized spacial score (nSPS) is 17.2. The summed E-state index contributed by atoms with van der Waals surface area (Å²) in [6, 6.07) is 0. The summed E-state index contributed by atoms with van der Waals surface area (Å²) in [6.07, 6.45) is 20.5. The van der Waals surface area contributed by atoms with E-state index in [1.165, 1.54) is 89.9 Å². The van der Waals surface area contributed by atoms with Gasteiger partial charge in [0.1, 0.15) is 0 Å². The van der Waals surface area contributed by atoms with Gasteiger partial charge in [-0.15, -0.1) is 0 Å². The summed E-state index contributed by atoms with van der Waals surface area (Å²) in [5.41, 5.74) is 0. The van der Waals surface area contributed by atoms with Gasteiger partial charge in [-0.2, -0.15) is 0 Å². The minimum absolute atomic E-state index is 0.355. The molecular formula is C27H56O. The maximum atomic E-state index is 8.94. The van der Waals surface area contributed by atoms with E-state index in [9.17, 15) is 0 Å². The second-order valence-electron chi connectivity index (χ2n) is 10.6. The zero-order valence-corrected chi connectivity index (χ0v) is 20.6. The Labute approximate surface area is 179 Å². The summed E-state index contributed by atoms with van der Waals surface area (Å²) in [7, 11) is 0. The van der Waals surface area contributed by atoms with Gasteiger partial charge in [0, 0.05) is 6.61 Å². The largest absolute Gasteiger partial charge is 0.396 e. The molecule has 1 N–H and O–H groups in total. The standard InChI is InChI=1S/C27H56O/c1-7-12-23(2)13-9-8-10-14-24(3)16-18-26(5)20-21-27(6)19-17-25(4)15-11-22-28/h23-28H,7-22H2,1-6H3/t23-,24+,25+,26+,27+/m0/s1. The predicted octanol–water partition coefficient (Wildman–Crippen LogP) is 9.03. The first kappa shape index (κ1) is 28.0. The number of rotatable bonds is 20. The van der Waals surface area contributed by atoms with Crippen molar-refractivity contribution in [2.24, 2.45) is 29.6 Å². The van der Waals surface area contributed by atoms with Crippen LogP contribution in [0.3, 0.4) is 0 Å². The van der Waals surface area contributed by atoms with E-state index in [1.807, 2.05) is 0 Å². The molecule has 0 aromatic heterocycles. The number of aliphatic hydroxyl groups is 1. The van der Waals surface area contributed by atoms with Gasteiger partial charge in [0.25, 0.3) is 0 Å². The lowest BCUT2D eigenvalue weighted by Crippen LogP contribution is -2.05. The second-order valence-corrected chi connectivity index (χ2v) is 10.6. The highest BCUT2D eigenvalue weighted by atomic mass is 16.2. The molecule has 0 saturated carbocycles. The maximum absolute atomic E-state index is 8.94. The maximum Gasteiger partial charge on any atom is 0.0431 e. The van der Waals surface area contributed by atoms with Crippen molar-refractivity contribution < 1.29 is 5.11 Å². The van der Waals surface area contributed by atoms with E-state index >= 15 is 0 Å². The van der Waals surface area contributed by atoms with Crippen molar-refractivity contribution in [2.45, 2.75) is 138 Å². The highest BCUT2D eigenvalue weighted by Gasteiger charge is 2.11. The molecule has 0 aromatic carbocycles. The molecule has 0 unspecified atom stereocenters. The number of hydrogen-bond donors (Lipinski definition) is 1. The number of aliphatic hydroxyl groups excluding tert-OH is 1. The Morgan fingerprint density at radius 2 is 0.750 bits per heavy atom. The van der Waals surface area contributed by atoms with Crippen molar-refractivity contribution in [3.63, 3.8) is 0 Å². The zero-order chi connectivity index (χ0) is 21.2. The van der Waals surface area contributed by atoms with Crippen LogP contribution in [0, 0.1) is 29.6 Å². The van der Waals surface area contributed by atoms with Crippen LogP contribution in [0.5, 0.6) is 0 Å². The Morgan fingerprint density at radius 1 is 0.429 bits per heavy atom. The van der Waals surface area contributed by atoms with Gasteiger partial charge in [-0.1, -0.05) is 125 Å². The second kappa shape index (κ2) is 19.0. The molecule has 170 valence electrons. The minimum atomic E-state index is 0.355. The van der Waals surface area contributed by atoms with Crippen molar-refractivity contribution in [3.05, 3.63) is 0 Å². The molecule has 5 atom stereocenters. The van der Waals surface area contributed by atoms with Crippen LogP contribution in [0.15, 0.2) is 0 Å². The van der Waals surface area contributed by atoms with Gasteiger partial charge in [0.2, 0.25) is 0 Å². The Hall–Kier alpha value is -0.0400. The Morgan fingerprint density at radius 3 is 1.11 bits per heavy atom. The van der Waals surface area contributed by atoms with E-state index in [4.69, 9.17) is 5.11 Å². The summed E-state index contributed by atoms with van der Waals surface area (Å²) < 4.78 is 0. The van der Waals surface area contributed by atoms with Crippen LogP contribution < -0.4 is 0 Å². The summed E-state index contributed by atoms with van der Waals surface area (Å²) in [5, 5.41) is 8.94. The van der Waals surface area contributed by atoms with Crippen molar-refractivity contribution in [3.8, 4) is 0 Å². The summed E-state index contributed by atoms with van der Waals surface area (Å²) >= 11 is 0. The smallest absolute Gasteiger partial charge is 0.0431 e. The van der Waals surface area contributed by atoms with Crippen LogP contribution in [0.2, 0.25) is 0 Å². The van der Waals surface area contributed by atoms with E-state index in [0.717, 1.165) is 36.0 Å². The average molecular weight is 397 g/mol. The lowest BCUT2D eigenvalue weighted by atomic mass is 9.87. The van der Waals surface area contributed by atoms with Gasteiger partial charge in [0.15, 0.2) is 0 Å². The molecule has 0 heterocycles. The molecule has 1 nitrogen and oxygen atoms in total. The van der Waals surface area contributed by atoms with Gasteiger partial charge in [0.05, 0.1) is 0 Å². The molecule has 0 bridgehead atoms. The first-order chi connectivity index (χ1) is 13.4. The first-order valence-electron chi connectivity index (χ1n) is 13.0. The first-order valence-corrected chi connectivity index (χ1v) is 13.0. The molecule has 0 amide bonds. The molecule has 1 heteroatoms. The summed E-state index contributed by atoms with van der Waals surface area (Å²) in [4.78, 5) is 0. The van der Waals surface area contributed by atoms with Gasteiger partial charge in [-0.25, -0.2) is 0 Å². The summed E-state index contributed by atoms with van der Waals surface area (Å²) in [6.45, 7) is 14.8. The highest BCUT2D eigenvalue weighted by Crippen LogP contribution is 2.25. The van der Waals surface area contributed by atoms with E-state index in [1.54, 1.807) is 0 Å². The van der Waals surface area contributed by atoms with E-state index in [-0.39, 0.29) is 0 Å². The predicted molar refractivity (Wildman–Crippen MR) is 128 cm³/mol. The molecule has 0 spiro atoms. The molecule has 0 aliphatic heterocycles. The third-order valence-electron chi connectivity index (χ3n) is 6.99. The van der Waals surface area contributed by atoms with Crippen molar-refractivity contribution in [1.29, 1.82) is 0 Å². The van der Waals surface area contributed by atoms with Crippen LogP contribution in [0.4, 0.5) is 0 Å². The molecule has 0 aliphatic carbocycles. The van der Waals surface area contributed by atoms with E-state index in [2.05, 4.69) is 41.5 Å². The average Bonchev–Trinajstić information content (AvgIpc) is 2.67. The lowest BCUT2D eigenvalue weighted by molar-refractivity contribution is 0.267. The fourth-order valence-corrected chi connectivity index (χ4v) is 4.52. The topological polar surface area (TPSA) is 20.2 Å². The van der Waals surface area contributed by atoms with Gasteiger partial charge < -0.3 is 5.11 Å². The molecule has 0 aromatic rings. The quantitative estimate of drug-likeness (QED) is 0.203. The molecule has 0 radical (unpaired) electrons. The van der Waals surface area contributed by atoms with Gasteiger partial charge in [-0.05, 0) is 42.4 Å². The Bertz CT molecular complexity index is 313. The van der Waals surface area contributed by atoms with Crippen LogP contribution in [0.1, 0.15) is 138 Å². The number of unbranched alkanes of at least 4 members (excludes halogenated alkanes) is 2. The van der Waals surface area contributed by atoms with Gasteiger partial charge in [-0.3, -0.25) is 0 Å². The van der Waals surface area contributed by atoms with E-state index in [0.29, 0.717) is 6.61 Å². The molecule has 28 heavy (non-hydrogen) atoms. The zero-order valence-electron chi connectivity index (χ0n) is 20.6. The number of hydrogen-bond acceptors (Lipinski definition) is 1. The third-order valence-corrected chi connectivity index (χ3v) is 6.99. The fraction of sp³-hybridized carbons (Fsp3) is 1.00. The molecular weight excluding hydrogens is 340 g/mol. The Balaban J connectivity index is 3.62. The van der Waals surface area contributed by atoms with Crippen molar-refractivity contribution in [1.82, 2.24) is 0 Å². The summed E-state index contributed by atoms with van der Waals surface area (Å²) in [5.74, 6) is 4.40. The third kappa shape index (κ3) is 18.0. The van der Waals surface area contributed by atoms with Crippen LogP contribution in [-0.2, 0) is 0 Å². The molecule has 0 fully saturated rings. The van der Waals surface area contributed by atoms with Crippen LogP contribution in [0.25, 0.3) is 0 Å². The van der Waals surface area contributed by atoms with Crippen LogP contribution in [-0.4, -0.2) is 11.7 Å². The Kier molecular flexibility index (Phi) is 18.9. The van der Waals surface area contributed by atoms with Crippen molar-refractivity contribution >= 4 is 0 Å². The molecule has 0 rings (SSSR count). The highest BCUT2D eigenvalue weighted by molar-refractivity contribution is 4.64. The monoisotopic (exact) mass is 396 g/mol. The molecule has 0 saturated heterocycles. The van der Waals surface area contributed by atoms with Crippen LogP contribution >= 0.6 is 0 Å². The fourth-order valence-electron chi connectivity index (χ4n) is 4.52. The van der Waals surface area contributed by atoms with Crippen molar-refractivity contribution in [2.75, 3.05) is 6.61 Å².